The molecule has 0 radical (unpaired) electrons. The van der Waals surface area contributed by atoms with Gasteiger partial charge in [-0.25, -0.2) is 4.39 Å². The van der Waals surface area contributed by atoms with Gasteiger partial charge in [-0.05, 0) is 75.5 Å². The lowest BCUT2D eigenvalue weighted by atomic mass is 10.1. The molecule has 0 N–H and O–H groups in total. The minimum atomic E-state index is -0.421. The molecule has 0 aliphatic carbocycles. The van der Waals surface area contributed by atoms with Crippen molar-refractivity contribution in [3.05, 3.63) is 71.8 Å². The summed E-state index contributed by atoms with van der Waals surface area (Å²) in [7, 11) is 0. The molecule has 5 rings (SSSR count). The number of carbonyl (C=O) groups excluding carboxylic acids is 1. The maximum absolute atomic E-state index is 13.8. The number of hydrogen-bond donors (Lipinski definition) is 0. The lowest BCUT2D eigenvalue weighted by Gasteiger charge is -2.32. The number of piperidine rings is 1. The van der Waals surface area contributed by atoms with Crippen LogP contribution in [0.1, 0.15) is 61.7 Å². The lowest BCUT2D eigenvalue weighted by Crippen LogP contribution is -2.33. The van der Waals surface area contributed by atoms with Gasteiger partial charge in [-0.1, -0.05) is 48.5 Å². The molecule has 0 saturated carbocycles. The van der Waals surface area contributed by atoms with Crippen LogP contribution >= 0.6 is 11.8 Å². The summed E-state index contributed by atoms with van der Waals surface area (Å²) < 4.78 is 15.8. The van der Waals surface area contributed by atoms with E-state index >= 15 is 0 Å². The van der Waals surface area contributed by atoms with E-state index in [-0.39, 0.29) is 17.8 Å². The van der Waals surface area contributed by atoms with Gasteiger partial charge < -0.3 is 4.90 Å². The maximum atomic E-state index is 13.8. The molecule has 2 atom stereocenters. The Bertz CT molecular complexity index is 1120. The van der Waals surface area contributed by atoms with E-state index in [9.17, 15) is 9.18 Å². The topological polar surface area (TPSA) is 54.3 Å². The number of aromatic nitrogens is 3. The molecule has 0 spiro atoms. The van der Waals surface area contributed by atoms with E-state index in [2.05, 4.69) is 22.0 Å². The van der Waals surface area contributed by atoms with Crippen LogP contribution < -0.4 is 0 Å². The molecule has 1 aromatic heterocycles. The van der Waals surface area contributed by atoms with Crippen LogP contribution in [0.4, 0.5) is 4.39 Å². The van der Waals surface area contributed by atoms with Gasteiger partial charge in [-0.2, -0.15) is 0 Å². The Kier molecular flexibility index (Phi) is 7.48. The Morgan fingerprint density at radius 1 is 0.886 bits per heavy atom. The highest BCUT2D eigenvalue weighted by molar-refractivity contribution is 8.00. The van der Waals surface area contributed by atoms with Gasteiger partial charge in [0.2, 0.25) is 5.91 Å². The largest absolute Gasteiger partial charge is 0.341 e. The van der Waals surface area contributed by atoms with Crippen molar-refractivity contribution in [1.82, 2.24) is 24.6 Å². The van der Waals surface area contributed by atoms with Crippen LogP contribution in [0, 0.1) is 5.82 Å². The second kappa shape index (κ2) is 10.9. The van der Waals surface area contributed by atoms with Crippen molar-refractivity contribution < 1.29 is 9.18 Å². The second-order valence-electron chi connectivity index (χ2n) is 9.37. The van der Waals surface area contributed by atoms with Crippen molar-refractivity contribution in [1.29, 1.82) is 0 Å². The molecule has 0 unspecified atom stereocenters. The average molecular weight is 494 g/mol. The zero-order chi connectivity index (χ0) is 24.2. The Balaban J connectivity index is 1.53. The summed E-state index contributed by atoms with van der Waals surface area (Å²) in [6.45, 7) is 5.81. The molecular formula is C27H32FN5OS. The molecule has 2 aliphatic rings. The molecule has 2 aliphatic heterocycles. The summed E-state index contributed by atoms with van der Waals surface area (Å²) >= 11 is 1.43. The number of likely N-dealkylation sites (tertiary alicyclic amines) is 2. The molecule has 6 nitrogen and oxygen atoms in total. The van der Waals surface area contributed by atoms with Gasteiger partial charge in [0.15, 0.2) is 11.0 Å². The third kappa shape index (κ3) is 5.28. The van der Waals surface area contributed by atoms with Gasteiger partial charge in [-0.3, -0.25) is 14.3 Å². The summed E-state index contributed by atoms with van der Waals surface area (Å²) in [5, 5.41) is 9.44. The van der Waals surface area contributed by atoms with E-state index in [4.69, 9.17) is 0 Å². The minimum Gasteiger partial charge on any atom is -0.341 e. The average Bonchev–Trinajstić information content (AvgIpc) is 3.59. The number of hydrogen-bond acceptors (Lipinski definition) is 5. The van der Waals surface area contributed by atoms with Crippen molar-refractivity contribution in [3.8, 4) is 5.69 Å². The van der Waals surface area contributed by atoms with Crippen LogP contribution in [-0.4, -0.2) is 56.7 Å². The van der Waals surface area contributed by atoms with E-state index in [1.54, 1.807) is 12.1 Å². The second-order valence-corrected chi connectivity index (χ2v) is 10.4. The third-order valence-electron chi connectivity index (χ3n) is 7.02. The van der Waals surface area contributed by atoms with E-state index in [0.29, 0.717) is 5.16 Å². The summed E-state index contributed by atoms with van der Waals surface area (Å²) in [5.74, 6) is 0.646. The highest BCUT2D eigenvalue weighted by Gasteiger charge is 2.32. The molecule has 0 bridgehead atoms. The molecule has 3 aromatic rings. The van der Waals surface area contributed by atoms with Crippen molar-refractivity contribution in [2.24, 2.45) is 0 Å². The summed E-state index contributed by atoms with van der Waals surface area (Å²) in [4.78, 5) is 18.0. The van der Waals surface area contributed by atoms with Crippen LogP contribution in [0.15, 0.2) is 59.8 Å². The Morgan fingerprint density at radius 2 is 1.54 bits per heavy atom. The molecule has 8 heteroatoms. The zero-order valence-corrected chi connectivity index (χ0v) is 21.0. The predicted molar refractivity (Wildman–Crippen MR) is 136 cm³/mol. The van der Waals surface area contributed by atoms with Gasteiger partial charge in [-0.15, -0.1) is 10.2 Å². The van der Waals surface area contributed by atoms with E-state index in [1.807, 2.05) is 39.8 Å². The number of rotatable bonds is 7. The van der Waals surface area contributed by atoms with Gasteiger partial charge in [0.25, 0.3) is 0 Å². The smallest absolute Gasteiger partial charge is 0.240 e. The van der Waals surface area contributed by atoms with Gasteiger partial charge in [0.05, 0.1) is 6.04 Å². The number of carbonyl (C=O) groups is 1. The monoisotopic (exact) mass is 493 g/mol. The lowest BCUT2D eigenvalue weighted by molar-refractivity contribution is -0.129. The third-order valence-corrected chi connectivity index (χ3v) is 8.21. The molecule has 2 aromatic carbocycles. The van der Waals surface area contributed by atoms with Gasteiger partial charge in [0, 0.05) is 18.8 Å². The van der Waals surface area contributed by atoms with E-state index < -0.39 is 5.25 Å². The Morgan fingerprint density at radius 3 is 2.23 bits per heavy atom. The molecule has 184 valence electrons. The molecule has 2 fully saturated rings. The predicted octanol–water partition coefficient (Wildman–Crippen LogP) is 5.41. The normalized spacial score (nSPS) is 18.5. The first-order valence-electron chi connectivity index (χ1n) is 12.6. The molecular weight excluding hydrogens is 461 g/mol. The number of nitrogens with zero attached hydrogens (tertiary/aromatic N) is 5. The summed E-state index contributed by atoms with van der Waals surface area (Å²) in [6.07, 6.45) is 5.70. The van der Waals surface area contributed by atoms with Gasteiger partial charge in [0.1, 0.15) is 11.1 Å². The molecule has 3 heterocycles. The first-order valence-corrected chi connectivity index (χ1v) is 13.5. The number of benzene rings is 2. The first kappa shape index (κ1) is 24.0. The van der Waals surface area contributed by atoms with Crippen molar-refractivity contribution in [2.45, 2.75) is 55.5 Å². The SMILES string of the molecule is C[C@H](c1nnc(S[C@@H](C(=O)N2CCCC2)c2ccccc2)n1-c1ccc(F)cc1)N1CCCCC1. The van der Waals surface area contributed by atoms with Crippen LogP contribution in [0.3, 0.4) is 0 Å². The Hall–Kier alpha value is -2.71. The highest BCUT2D eigenvalue weighted by atomic mass is 32.2. The fraction of sp³-hybridized carbons (Fsp3) is 0.444. The maximum Gasteiger partial charge on any atom is 0.240 e. The van der Waals surface area contributed by atoms with Crippen molar-refractivity contribution in [3.63, 3.8) is 0 Å². The number of thioether (sulfide) groups is 1. The fourth-order valence-corrected chi connectivity index (χ4v) is 6.17. The summed E-state index contributed by atoms with van der Waals surface area (Å²) in [6, 6.07) is 16.4. The quantitative estimate of drug-likeness (QED) is 0.412. The summed E-state index contributed by atoms with van der Waals surface area (Å²) in [5.41, 5.74) is 1.76. The fourth-order valence-electron chi connectivity index (χ4n) is 5.03. The van der Waals surface area contributed by atoms with E-state index in [0.717, 1.165) is 56.1 Å². The molecule has 2 saturated heterocycles. The highest BCUT2D eigenvalue weighted by Crippen LogP contribution is 2.39. The minimum absolute atomic E-state index is 0.0617. The number of halogens is 1. The van der Waals surface area contributed by atoms with Gasteiger partial charge >= 0.3 is 0 Å². The van der Waals surface area contributed by atoms with Crippen LogP contribution in [0.2, 0.25) is 0 Å². The Labute approximate surface area is 210 Å². The van der Waals surface area contributed by atoms with Crippen LogP contribution in [0.5, 0.6) is 0 Å². The van der Waals surface area contributed by atoms with Crippen molar-refractivity contribution >= 4 is 17.7 Å². The molecule has 35 heavy (non-hydrogen) atoms. The number of amides is 1. The molecule has 1 amide bonds. The van der Waals surface area contributed by atoms with Crippen LogP contribution in [0.25, 0.3) is 5.69 Å². The van der Waals surface area contributed by atoms with Crippen LogP contribution in [-0.2, 0) is 4.79 Å². The van der Waals surface area contributed by atoms with E-state index in [1.165, 1.54) is 43.2 Å². The van der Waals surface area contributed by atoms with Crippen molar-refractivity contribution in [2.75, 3.05) is 26.2 Å². The first-order chi connectivity index (χ1) is 17.1. The standard InChI is InChI=1S/C27H32FN5OS/c1-20(31-16-6-3-7-17-31)25-29-30-27(33(25)23-14-12-22(28)13-15-23)35-24(21-10-4-2-5-11-21)26(34)32-18-8-9-19-32/h2,4-5,10-15,20,24H,3,6-9,16-19H2,1H3/t20-,24-/m1/s1. The zero-order valence-electron chi connectivity index (χ0n) is 20.1.